The lowest BCUT2D eigenvalue weighted by atomic mass is 9.87. The van der Waals surface area contributed by atoms with Crippen LogP contribution in [0, 0.1) is 5.41 Å². The maximum atomic E-state index is 12.4. The van der Waals surface area contributed by atoms with E-state index in [1.54, 1.807) is 11.8 Å². The van der Waals surface area contributed by atoms with E-state index in [-0.39, 0.29) is 29.5 Å². The van der Waals surface area contributed by atoms with Crippen molar-refractivity contribution in [3.8, 4) is 0 Å². The van der Waals surface area contributed by atoms with E-state index in [1.807, 2.05) is 27.7 Å². The first kappa shape index (κ1) is 16.2. The first-order chi connectivity index (χ1) is 9.76. The Bertz CT molecular complexity index is 484. The zero-order chi connectivity index (χ0) is 15.8. The smallest absolute Gasteiger partial charge is 0.337 e. The highest BCUT2D eigenvalue weighted by atomic mass is 32.2. The van der Waals surface area contributed by atoms with Crippen molar-refractivity contribution in [2.75, 3.05) is 19.4 Å². The van der Waals surface area contributed by atoms with E-state index in [9.17, 15) is 9.59 Å². The lowest BCUT2D eigenvalue weighted by molar-refractivity contribution is -0.144. The van der Waals surface area contributed by atoms with E-state index >= 15 is 0 Å². The molecule has 1 atom stereocenters. The highest BCUT2D eigenvalue weighted by molar-refractivity contribution is 8.03. The van der Waals surface area contributed by atoms with Gasteiger partial charge >= 0.3 is 11.9 Å². The summed E-state index contributed by atoms with van der Waals surface area (Å²) in [6, 6.07) is 0.0982. The van der Waals surface area contributed by atoms with Gasteiger partial charge in [0.25, 0.3) is 0 Å². The molecule has 2 aliphatic rings. The second kappa shape index (κ2) is 5.91. The van der Waals surface area contributed by atoms with Gasteiger partial charge in [-0.1, -0.05) is 13.8 Å². The van der Waals surface area contributed by atoms with Crippen LogP contribution in [-0.2, 0) is 19.1 Å². The van der Waals surface area contributed by atoms with Gasteiger partial charge < -0.3 is 14.4 Å². The topological polar surface area (TPSA) is 55.8 Å². The molecule has 2 aliphatic heterocycles. The average molecular weight is 313 g/mol. The monoisotopic (exact) mass is 313 g/mol. The van der Waals surface area contributed by atoms with Crippen molar-refractivity contribution >= 4 is 23.7 Å². The van der Waals surface area contributed by atoms with Crippen molar-refractivity contribution in [3.05, 3.63) is 10.6 Å². The van der Waals surface area contributed by atoms with Gasteiger partial charge in [-0.15, -0.1) is 11.8 Å². The molecule has 0 spiro atoms. The Kier molecular flexibility index (Phi) is 4.56. The van der Waals surface area contributed by atoms with E-state index < -0.39 is 0 Å². The molecule has 0 radical (unpaired) electrons. The van der Waals surface area contributed by atoms with Crippen molar-refractivity contribution in [3.63, 3.8) is 0 Å². The van der Waals surface area contributed by atoms with Gasteiger partial charge in [0.05, 0.1) is 30.2 Å². The molecule has 0 aromatic rings. The van der Waals surface area contributed by atoms with Crippen LogP contribution in [0.2, 0.25) is 0 Å². The molecule has 118 valence electrons. The second-order valence-corrected chi connectivity index (χ2v) is 7.40. The molecule has 0 N–H and O–H groups in total. The summed E-state index contributed by atoms with van der Waals surface area (Å²) in [6.07, 6.45) is 0.225. The minimum absolute atomic E-state index is 0.0982. The molecule has 1 saturated heterocycles. The molecule has 0 bridgehead atoms. The lowest BCUT2D eigenvalue weighted by Crippen LogP contribution is -2.35. The minimum Gasteiger partial charge on any atom is -0.469 e. The van der Waals surface area contributed by atoms with Crippen molar-refractivity contribution in [2.45, 2.75) is 46.3 Å². The number of rotatable bonds is 4. The first-order valence-electron chi connectivity index (χ1n) is 7.18. The zero-order valence-corrected chi connectivity index (χ0v) is 14.1. The molecule has 0 aliphatic carbocycles. The van der Waals surface area contributed by atoms with Crippen LogP contribution < -0.4 is 0 Å². The van der Waals surface area contributed by atoms with Crippen LogP contribution in [-0.4, -0.2) is 48.4 Å². The Morgan fingerprint density at radius 3 is 2.67 bits per heavy atom. The molecule has 21 heavy (non-hydrogen) atoms. The molecule has 0 amide bonds. The number of hydrogen-bond donors (Lipinski definition) is 0. The molecular formula is C15H23NO4S. The summed E-state index contributed by atoms with van der Waals surface area (Å²) in [5.41, 5.74) is 0.483. The van der Waals surface area contributed by atoms with Gasteiger partial charge in [-0.25, -0.2) is 4.79 Å². The van der Waals surface area contributed by atoms with E-state index in [0.717, 1.165) is 22.9 Å². The fraction of sp³-hybridized carbons (Fsp3) is 0.733. The summed E-state index contributed by atoms with van der Waals surface area (Å²) in [5, 5.41) is 0.972. The summed E-state index contributed by atoms with van der Waals surface area (Å²) in [5.74, 6) is 0.357. The summed E-state index contributed by atoms with van der Waals surface area (Å²) < 4.78 is 10.1. The number of esters is 2. The van der Waals surface area contributed by atoms with Crippen LogP contribution in [0.4, 0.5) is 0 Å². The second-order valence-electron chi connectivity index (χ2n) is 6.39. The van der Waals surface area contributed by atoms with Crippen LogP contribution >= 0.6 is 11.8 Å². The van der Waals surface area contributed by atoms with Crippen LogP contribution in [0.5, 0.6) is 0 Å². The molecule has 0 aromatic carbocycles. The predicted molar refractivity (Wildman–Crippen MR) is 81.6 cm³/mol. The van der Waals surface area contributed by atoms with Gasteiger partial charge in [-0.05, 0) is 13.8 Å². The number of fused-ring (bicyclic) bond motifs is 1. The van der Waals surface area contributed by atoms with Gasteiger partial charge in [0.2, 0.25) is 0 Å². The van der Waals surface area contributed by atoms with Gasteiger partial charge in [0.1, 0.15) is 0 Å². The Labute approximate surface area is 130 Å². The number of nitrogens with zero attached hydrogens (tertiary/aromatic N) is 1. The van der Waals surface area contributed by atoms with Gasteiger partial charge in [0, 0.05) is 23.8 Å². The Morgan fingerprint density at radius 2 is 2.10 bits per heavy atom. The maximum absolute atomic E-state index is 12.4. The van der Waals surface area contributed by atoms with E-state index in [1.165, 1.54) is 7.11 Å². The molecule has 1 unspecified atom stereocenters. The van der Waals surface area contributed by atoms with Crippen LogP contribution in [0.1, 0.15) is 34.1 Å². The van der Waals surface area contributed by atoms with Gasteiger partial charge in [-0.2, -0.15) is 0 Å². The fourth-order valence-electron chi connectivity index (χ4n) is 2.81. The third kappa shape index (κ3) is 3.20. The zero-order valence-electron chi connectivity index (χ0n) is 13.3. The van der Waals surface area contributed by atoms with Gasteiger partial charge in [0.15, 0.2) is 0 Å². The number of methoxy groups -OCH3 is 1. The molecule has 6 heteroatoms. The summed E-state index contributed by atoms with van der Waals surface area (Å²) in [4.78, 5) is 26.1. The minimum atomic E-state index is -0.261. The number of thioether (sulfide) groups is 1. The lowest BCUT2D eigenvalue weighted by Gasteiger charge is -2.26. The van der Waals surface area contributed by atoms with Crippen molar-refractivity contribution in [1.29, 1.82) is 0 Å². The van der Waals surface area contributed by atoms with Crippen molar-refractivity contribution in [2.24, 2.45) is 5.41 Å². The number of ether oxygens (including phenoxy) is 2. The number of carbonyl (C=O) groups is 2. The molecule has 0 saturated carbocycles. The molecular weight excluding hydrogens is 290 g/mol. The number of hydrogen-bond acceptors (Lipinski definition) is 6. The Hall–Kier alpha value is -1.17. The predicted octanol–water partition coefficient (Wildman–Crippen LogP) is 2.17. The summed E-state index contributed by atoms with van der Waals surface area (Å²) in [7, 11) is 1.40. The van der Waals surface area contributed by atoms with Crippen LogP contribution in [0.15, 0.2) is 10.6 Å². The maximum Gasteiger partial charge on any atom is 0.337 e. The first-order valence-corrected chi connectivity index (χ1v) is 8.17. The molecule has 2 heterocycles. The van der Waals surface area contributed by atoms with E-state index in [0.29, 0.717) is 6.42 Å². The fourth-order valence-corrected chi connectivity index (χ4v) is 4.34. The molecule has 5 nitrogen and oxygen atoms in total. The number of carbonyl (C=O) groups excluding carboxylic acids is 2. The van der Waals surface area contributed by atoms with Crippen molar-refractivity contribution < 1.29 is 19.1 Å². The standard InChI is InChI=1S/C15H23NO4S/c1-9(2)20-14(18)12-13-16(8-15(12,3)4)10(7-21-13)6-11(17)19-5/h9-10H,6-8H2,1-5H3. The van der Waals surface area contributed by atoms with E-state index in [4.69, 9.17) is 9.47 Å². The third-order valence-corrected chi connectivity index (χ3v) is 5.01. The highest BCUT2D eigenvalue weighted by Gasteiger charge is 2.48. The molecule has 1 fully saturated rings. The largest absolute Gasteiger partial charge is 0.469 e. The normalized spacial score (nSPS) is 23.5. The Balaban J connectivity index is 2.23. The van der Waals surface area contributed by atoms with E-state index in [2.05, 4.69) is 4.90 Å². The quantitative estimate of drug-likeness (QED) is 0.742. The third-order valence-electron chi connectivity index (χ3n) is 3.75. The van der Waals surface area contributed by atoms with Crippen LogP contribution in [0.25, 0.3) is 0 Å². The summed E-state index contributed by atoms with van der Waals surface area (Å²) in [6.45, 7) is 8.53. The average Bonchev–Trinajstić information content (AvgIpc) is 2.83. The SMILES string of the molecule is COC(=O)CC1CSC2=C(C(=O)OC(C)C)C(C)(C)CN21. The van der Waals surface area contributed by atoms with Crippen molar-refractivity contribution in [1.82, 2.24) is 4.90 Å². The van der Waals surface area contributed by atoms with Gasteiger partial charge in [-0.3, -0.25) is 4.79 Å². The Morgan fingerprint density at radius 1 is 1.43 bits per heavy atom. The molecule has 0 aromatic heterocycles. The molecule has 2 rings (SSSR count). The summed E-state index contributed by atoms with van der Waals surface area (Å²) >= 11 is 1.64. The van der Waals surface area contributed by atoms with Crippen LogP contribution in [0.3, 0.4) is 0 Å². The highest BCUT2D eigenvalue weighted by Crippen LogP contribution is 2.49.